The number of carbonyl (C=O) groups is 1. The summed E-state index contributed by atoms with van der Waals surface area (Å²) in [6.45, 7) is 6.32. The van der Waals surface area contributed by atoms with Crippen LogP contribution in [-0.2, 0) is 9.53 Å². The lowest BCUT2D eigenvalue weighted by Gasteiger charge is -2.55. The summed E-state index contributed by atoms with van der Waals surface area (Å²) in [6, 6.07) is 0. The molecule has 28 heavy (non-hydrogen) atoms. The predicted molar refractivity (Wildman–Crippen MR) is 115 cm³/mol. The first-order valence-electron chi connectivity index (χ1n) is 10.4. The standard InChI is InChI=1S/C22H31N3O2S/c1-13(26)27-19-7-6-17-16-5-4-14-12-15(24-25-20(23)28)8-10-21(14,2)18(16)9-11-22(17,19)3/h4-5,12,16-19H,6-11H2,1-3H3,(H3,23,25,28)/b24-15-/t16-,17-,18-,19+,21-,22-/m0/s1. The lowest BCUT2D eigenvalue weighted by Crippen LogP contribution is -2.50. The molecule has 0 amide bonds. The molecule has 0 heterocycles. The van der Waals surface area contributed by atoms with Crippen molar-refractivity contribution in [2.24, 2.45) is 39.4 Å². The summed E-state index contributed by atoms with van der Waals surface area (Å²) in [7, 11) is 0. The van der Waals surface area contributed by atoms with E-state index in [1.165, 1.54) is 18.9 Å². The first-order chi connectivity index (χ1) is 13.2. The quantitative estimate of drug-likeness (QED) is 0.418. The second-order valence-corrected chi connectivity index (χ2v) is 9.91. The molecule has 0 aromatic rings. The van der Waals surface area contributed by atoms with Crippen LogP contribution in [0.5, 0.6) is 0 Å². The van der Waals surface area contributed by atoms with Crippen LogP contribution in [0, 0.1) is 28.6 Å². The van der Waals surface area contributed by atoms with Crippen molar-refractivity contribution in [1.82, 2.24) is 5.43 Å². The van der Waals surface area contributed by atoms with Crippen molar-refractivity contribution in [3.8, 4) is 0 Å². The van der Waals surface area contributed by atoms with Gasteiger partial charge in [0.1, 0.15) is 6.10 Å². The van der Waals surface area contributed by atoms with E-state index in [1.807, 2.05) is 0 Å². The molecule has 4 rings (SSSR count). The zero-order valence-electron chi connectivity index (χ0n) is 17.0. The second kappa shape index (κ2) is 6.97. The summed E-state index contributed by atoms with van der Waals surface area (Å²) < 4.78 is 5.74. The first kappa shape index (κ1) is 19.6. The molecule has 4 aliphatic rings. The number of rotatable bonds is 2. The smallest absolute Gasteiger partial charge is 0.302 e. The number of carbonyl (C=O) groups excluding carboxylic acids is 1. The van der Waals surface area contributed by atoms with E-state index in [1.54, 1.807) is 0 Å². The van der Waals surface area contributed by atoms with E-state index in [2.05, 4.69) is 42.6 Å². The molecule has 2 saturated carbocycles. The highest BCUT2D eigenvalue weighted by atomic mass is 32.1. The minimum absolute atomic E-state index is 0.0744. The van der Waals surface area contributed by atoms with Gasteiger partial charge in [0.15, 0.2) is 5.11 Å². The first-order valence-corrected chi connectivity index (χ1v) is 10.8. The van der Waals surface area contributed by atoms with Gasteiger partial charge in [-0.2, -0.15) is 5.10 Å². The molecule has 5 nitrogen and oxygen atoms in total. The van der Waals surface area contributed by atoms with Gasteiger partial charge in [-0.3, -0.25) is 10.2 Å². The molecule has 4 aliphatic carbocycles. The molecule has 0 unspecified atom stereocenters. The van der Waals surface area contributed by atoms with Gasteiger partial charge >= 0.3 is 5.97 Å². The van der Waals surface area contributed by atoms with Crippen molar-refractivity contribution in [1.29, 1.82) is 0 Å². The number of nitrogens with two attached hydrogens (primary N) is 1. The molecule has 0 aliphatic heterocycles. The molecule has 0 spiro atoms. The Morgan fingerprint density at radius 3 is 2.79 bits per heavy atom. The Bertz CT molecular complexity index is 789. The molecule has 0 aromatic carbocycles. The molecule has 6 atom stereocenters. The van der Waals surface area contributed by atoms with Crippen LogP contribution in [0.25, 0.3) is 0 Å². The third kappa shape index (κ3) is 3.10. The summed E-state index contributed by atoms with van der Waals surface area (Å²) in [4.78, 5) is 11.6. The van der Waals surface area contributed by atoms with Crippen LogP contribution in [-0.4, -0.2) is 22.9 Å². The van der Waals surface area contributed by atoms with Gasteiger partial charge in [-0.05, 0) is 85.6 Å². The number of ether oxygens (including phenoxy) is 1. The normalized spacial score (nSPS) is 42.8. The van der Waals surface area contributed by atoms with Crippen LogP contribution < -0.4 is 11.2 Å². The maximum absolute atomic E-state index is 11.6. The minimum Gasteiger partial charge on any atom is -0.462 e. The van der Waals surface area contributed by atoms with Gasteiger partial charge in [0.25, 0.3) is 0 Å². The molecular formula is C22H31N3O2S. The topological polar surface area (TPSA) is 76.7 Å². The molecule has 152 valence electrons. The van der Waals surface area contributed by atoms with Crippen LogP contribution >= 0.6 is 12.2 Å². The lowest BCUT2D eigenvalue weighted by atomic mass is 9.49. The van der Waals surface area contributed by atoms with Crippen LogP contribution in [0.1, 0.15) is 59.3 Å². The summed E-state index contributed by atoms with van der Waals surface area (Å²) in [5, 5.41) is 4.55. The van der Waals surface area contributed by atoms with Crippen molar-refractivity contribution in [2.75, 3.05) is 0 Å². The average molecular weight is 402 g/mol. The molecular weight excluding hydrogens is 370 g/mol. The Kier molecular flexibility index (Phi) is 4.89. The van der Waals surface area contributed by atoms with E-state index < -0.39 is 0 Å². The third-order valence-corrected chi connectivity index (χ3v) is 8.15. The number of hydrogen-bond acceptors (Lipinski definition) is 4. The SMILES string of the molecule is CC(=O)O[C@@H]1CC[C@H]2[C@@H]3C=CC4=C/C(=N\NC(N)=S)CC[C@]4(C)[C@H]3CC[C@]12C. The van der Waals surface area contributed by atoms with Gasteiger partial charge in [-0.1, -0.05) is 26.0 Å². The van der Waals surface area contributed by atoms with Crippen molar-refractivity contribution >= 4 is 29.0 Å². The summed E-state index contributed by atoms with van der Waals surface area (Å²) >= 11 is 4.86. The molecule has 6 heteroatoms. The maximum atomic E-state index is 11.6. The number of nitrogens with zero attached hydrogens (tertiary/aromatic N) is 1. The number of hydrogen-bond donors (Lipinski definition) is 2. The number of fused-ring (bicyclic) bond motifs is 5. The minimum atomic E-state index is -0.143. The van der Waals surface area contributed by atoms with Crippen molar-refractivity contribution in [2.45, 2.75) is 65.4 Å². The Hall–Kier alpha value is -1.69. The van der Waals surface area contributed by atoms with Crippen LogP contribution in [0.4, 0.5) is 0 Å². The zero-order valence-corrected chi connectivity index (χ0v) is 17.8. The summed E-state index contributed by atoms with van der Waals surface area (Å²) in [5.74, 6) is 1.66. The van der Waals surface area contributed by atoms with Crippen molar-refractivity contribution in [3.63, 3.8) is 0 Å². The van der Waals surface area contributed by atoms with Gasteiger partial charge < -0.3 is 10.5 Å². The number of thiocarbonyl (C=S) groups is 1. The Morgan fingerprint density at radius 1 is 1.29 bits per heavy atom. The molecule has 0 aromatic heterocycles. The van der Waals surface area contributed by atoms with Gasteiger partial charge in [-0.25, -0.2) is 0 Å². The highest BCUT2D eigenvalue weighted by Gasteiger charge is 2.58. The van der Waals surface area contributed by atoms with E-state index >= 15 is 0 Å². The second-order valence-electron chi connectivity index (χ2n) is 9.47. The highest BCUT2D eigenvalue weighted by molar-refractivity contribution is 7.80. The molecule has 3 N–H and O–H groups in total. The molecule has 0 saturated heterocycles. The fourth-order valence-electron chi connectivity index (χ4n) is 6.57. The Balaban J connectivity index is 1.61. The van der Waals surface area contributed by atoms with Gasteiger partial charge in [0.05, 0.1) is 5.71 Å². The van der Waals surface area contributed by atoms with E-state index in [4.69, 9.17) is 22.7 Å². The maximum Gasteiger partial charge on any atom is 0.302 e. The van der Waals surface area contributed by atoms with E-state index in [-0.39, 0.29) is 28.0 Å². The number of nitrogens with one attached hydrogen (secondary N) is 1. The molecule has 2 fully saturated rings. The number of hydrazone groups is 1. The highest BCUT2D eigenvalue weighted by Crippen LogP contribution is 2.64. The number of allylic oxidation sites excluding steroid dienone is 4. The van der Waals surface area contributed by atoms with Crippen molar-refractivity contribution in [3.05, 3.63) is 23.8 Å². The Morgan fingerprint density at radius 2 is 2.07 bits per heavy atom. The summed E-state index contributed by atoms with van der Waals surface area (Å²) in [5.41, 5.74) is 10.9. The van der Waals surface area contributed by atoms with Gasteiger partial charge in [0.2, 0.25) is 0 Å². The zero-order chi connectivity index (χ0) is 20.1. The van der Waals surface area contributed by atoms with Crippen molar-refractivity contribution < 1.29 is 9.53 Å². The fraction of sp³-hybridized carbons (Fsp3) is 0.682. The lowest BCUT2D eigenvalue weighted by molar-refractivity contribution is -0.155. The van der Waals surface area contributed by atoms with Crippen LogP contribution in [0.15, 0.2) is 28.9 Å². The van der Waals surface area contributed by atoms with Crippen LogP contribution in [0.3, 0.4) is 0 Å². The van der Waals surface area contributed by atoms with Gasteiger partial charge in [0, 0.05) is 12.3 Å². The summed E-state index contributed by atoms with van der Waals surface area (Å²) in [6.07, 6.45) is 13.5. The molecule has 0 radical (unpaired) electrons. The molecule has 0 bridgehead atoms. The fourth-order valence-corrected chi connectivity index (χ4v) is 6.61. The predicted octanol–water partition coefficient (Wildman–Crippen LogP) is 3.85. The number of esters is 1. The van der Waals surface area contributed by atoms with Gasteiger partial charge in [-0.15, -0.1) is 0 Å². The largest absolute Gasteiger partial charge is 0.462 e. The van der Waals surface area contributed by atoms with E-state index in [9.17, 15) is 4.79 Å². The van der Waals surface area contributed by atoms with E-state index in [0.29, 0.717) is 17.8 Å². The third-order valence-electron chi connectivity index (χ3n) is 8.06. The van der Waals surface area contributed by atoms with E-state index in [0.717, 1.165) is 37.8 Å². The van der Waals surface area contributed by atoms with Crippen LogP contribution in [0.2, 0.25) is 0 Å². The monoisotopic (exact) mass is 401 g/mol. The average Bonchev–Trinajstić information content (AvgIpc) is 2.95. The Labute approximate surface area is 172 Å².